The number of hydrogen-bond donors (Lipinski definition) is 0. The molecule has 104 valence electrons. The predicted molar refractivity (Wildman–Crippen MR) is 74.3 cm³/mol. The van der Waals surface area contributed by atoms with Gasteiger partial charge in [0, 0.05) is 25.6 Å². The van der Waals surface area contributed by atoms with Gasteiger partial charge in [-0.15, -0.1) is 0 Å². The third kappa shape index (κ3) is 3.96. The van der Waals surface area contributed by atoms with Gasteiger partial charge in [0.1, 0.15) is 0 Å². The topological polar surface area (TPSA) is 36.3 Å². The molecule has 3 heteroatoms. The van der Waals surface area contributed by atoms with Gasteiger partial charge in [-0.3, -0.25) is 4.90 Å². The molecule has 1 heterocycles. The molecule has 0 N–H and O–H groups in total. The van der Waals surface area contributed by atoms with Gasteiger partial charge in [0.25, 0.3) is 0 Å². The maximum atomic E-state index is 8.82. The van der Waals surface area contributed by atoms with Crippen LogP contribution in [-0.4, -0.2) is 35.2 Å². The Morgan fingerprint density at radius 2 is 1.94 bits per heavy atom. The van der Waals surface area contributed by atoms with E-state index in [4.69, 9.17) is 10.00 Å². The Balaban J connectivity index is 2.81. The SMILES string of the molecule is CC(C)CN(CCC#N)C1CC(C)(C)OC1(C)C. The summed E-state index contributed by atoms with van der Waals surface area (Å²) in [4.78, 5) is 2.45. The van der Waals surface area contributed by atoms with Crippen LogP contribution in [0, 0.1) is 17.2 Å². The molecule has 1 aliphatic rings. The molecule has 0 bridgehead atoms. The number of rotatable bonds is 5. The molecule has 1 aliphatic heterocycles. The van der Waals surface area contributed by atoms with E-state index in [-0.39, 0.29) is 11.2 Å². The minimum Gasteiger partial charge on any atom is -0.368 e. The second-order valence-corrected chi connectivity index (χ2v) is 6.98. The van der Waals surface area contributed by atoms with Crippen molar-refractivity contribution in [2.45, 2.75) is 71.6 Å². The van der Waals surface area contributed by atoms with Crippen molar-refractivity contribution in [1.29, 1.82) is 5.26 Å². The minimum absolute atomic E-state index is 0.0595. The fraction of sp³-hybridized carbons (Fsp3) is 0.933. The molecule has 3 nitrogen and oxygen atoms in total. The Bertz CT molecular complexity index is 315. The monoisotopic (exact) mass is 252 g/mol. The lowest BCUT2D eigenvalue weighted by Gasteiger charge is -2.37. The molecule has 0 aliphatic carbocycles. The highest BCUT2D eigenvalue weighted by molar-refractivity contribution is 5.00. The van der Waals surface area contributed by atoms with Gasteiger partial charge in [-0.2, -0.15) is 5.26 Å². The van der Waals surface area contributed by atoms with Crippen molar-refractivity contribution in [3.63, 3.8) is 0 Å². The summed E-state index contributed by atoms with van der Waals surface area (Å²) in [6.45, 7) is 15.0. The Morgan fingerprint density at radius 1 is 1.33 bits per heavy atom. The van der Waals surface area contributed by atoms with E-state index in [0.29, 0.717) is 18.4 Å². The Labute approximate surface area is 112 Å². The van der Waals surface area contributed by atoms with E-state index in [1.807, 2.05) is 0 Å². The normalized spacial score (nSPS) is 25.6. The molecule has 1 atom stereocenters. The van der Waals surface area contributed by atoms with Crippen LogP contribution < -0.4 is 0 Å². The second kappa shape index (κ2) is 5.59. The Hall–Kier alpha value is -0.590. The van der Waals surface area contributed by atoms with Crippen LogP contribution in [-0.2, 0) is 4.74 Å². The zero-order valence-corrected chi connectivity index (χ0v) is 12.8. The average molecular weight is 252 g/mol. The van der Waals surface area contributed by atoms with Crippen LogP contribution in [0.4, 0.5) is 0 Å². The maximum absolute atomic E-state index is 8.82. The van der Waals surface area contributed by atoms with Gasteiger partial charge in [0.2, 0.25) is 0 Å². The van der Waals surface area contributed by atoms with Crippen LogP contribution in [0.15, 0.2) is 0 Å². The quantitative estimate of drug-likeness (QED) is 0.754. The zero-order valence-electron chi connectivity index (χ0n) is 12.8. The standard InChI is InChI=1S/C15H28N2O/c1-12(2)11-17(9-7-8-16)13-10-14(3,4)18-15(13,5)6/h12-13H,7,9-11H2,1-6H3. The molecule has 1 unspecified atom stereocenters. The van der Waals surface area contributed by atoms with Gasteiger partial charge >= 0.3 is 0 Å². The summed E-state index contributed by atoms with van der Waals surface area (Å²) in [7, 11) is 0. The van der Waals surface area contributed by atoms with Gasteiger partial charge in [0.05, 0.1) is 17.3 Å². The molecule has 0 spiro atoms. The third-order valence-corrected chi connectivity index (χ3v) is 3.58. The van der Waals surface area contributed by atoms with Crippen molar-refractivity contribution in [3.05, 3.63) is 0 Å². The van der Waals surface area contributed by atoms with E-state index in [1.165, 1.54) is 0 Å². The summed E-state index contributed by atoms with van der Waals surface area (Å²) in [5.74, 6) is 0.614. The third-order valence-electron chi connectivity index (χ3n) is 3.58. The first-order valence-corrected chi connectivity index (χ1v) is 6.99. The summed E-state index contributed by atoms with van der Waals surface area (Å²) in [6, 6.07) is 2.67. The minimum atomic E-state index is -0.131. The number of hydrogen-bond acceptors (Lipinski definition) is 3. The largest absolute Gasteiger partial charge is 0.368 e. The highest BCUT2D eigenvalue weighted by atomic mass is 16.5. The van der Waals surface area contributed by atoms with Gasteiger partial charge in [0.15, 0.2) is 0 Å². The first-order chi connectivity index (χ1) is 8.18. The highest BCUT2D eigenvalue weighted by Gasteiger charge is 2.48. The van der Waals surface area contributed by atoms with Crippen LogP contribution in [0.1, 0.15) is 54.4 Å². The summed E-state index contributed by atoms with van der Waals surface area (Å²) in [5.41, 5.74) is -0.191. The smallest absolute Gasteiger partial charge is 0.0789 e. The van der Waals surface area contributed by atoms with Crippen molar-refractivity contribution in [3.8, 4) is 6.07 Å². The van der Waals surface area contributed by atoms with Crippen molar-refractivity contribution in [2.24, 2.45) is 5.92 Å². The zero-order chi connectivity index (χ0) is 14.0. The molecule has 18 heavy (non-hydrogen) atoms. The van der Waals surface area contributed by atoms with Gasteiger partial charge < -0.3 is 4.74 Å². The van der Waals surface area contributed by atoms with Gasteiger partial charge in [-0.05, 0) is 40.0 Å². The number of nitrogens with zero attached hydrogens (tertiary/aromatic N) is 2. The lowest BCUT2D eigenvalue weighted by Crippen LogP contribution is -2.48. The fourth-order valence-corrected chi connectivity index (χ4v) is 3.14. The highest BCUT2D eigenvalue weighted by Crippen LogP contribution is 2.40. The number of ether oxygens (including phenoxy) is 1. The van der Waals surface area contributed by atoms with E-state index < -0.39 is 0 Å². The molecule has 0 aromatic heterocycles. The van der Waals surface area contributed by atoms with E-state index in [1.54, 1.807) is 0 Å². The number of nitriles is 1. The van der Waals surface area contributed by atoms with Crippen molar-refractivity contribution >= 4 is 0 Å². The van der Waals surface area contributed by atoms with E-state index in [0.717, 1.165) is 19.5 Å². The second-order valence-electron chi connectivity index (χ2n) is 6.98. The van der Waals surface area contributed by atoms with Gasteiger partial charge in [-0.1, -0.05) is 13.8 Å². The molecule has 0 amide bonds. The molecule has 1 rings (SSSR count). The molecule has 0 saturated carbocycles. The van der Waals surface area contributed by atoms with Crippen LogP contribution in [0.25, 0.3) is 0 Å². The summed E-state index contributed by atoms with van der Waals surface area (Å²) >= 11 is 0. The van der Waals surface area contributed by atoms with Crippen molar-refractivity contribution in [2.75, 3.05) is 13.1 Å². The molecular formula is C15H28N2O. The fourth-order valence-electron chi connectivity index (χ4n) is 3.14. The van der Waals surface area contributed by atoms with Crippen molar-refractivity contribution < 1.29 is 4.74 Å². The Morgan fingerprint density at radius 3 is 2.33 bits per heavy atom. The van der Waals surface area contributed by atoms with Crippen LogP contribution in [0.2, 0.25) is 0 Å². The molecule has 1 fully saturated rings. The van der Waals surface area contributed by atoms with E-state index in [9.17, 15) is 0 Å². The summed E-state index contributed by atoms with van der Waals surface area (Å²) < 4.78 is 6.17. The summed E-state index contributed by atoms with van der Waals surface area (Å²) in [6.07, 6.45) is 1.64. The molecule has 1 saturated heterocycles. The maximum Gasteiger partial charge on any atom is 0.0789 e. The van der Waals surface area contributed by atoms with Gasteiger partial charge in [-0.25, -0.2) is 0 Å². The lowest BCUT2D eigenvalue weighted by atomic mass is 9.92. The molecule has 0 radical (unpaired) electrons. The first kappa shape index (κ1) is 15.5. The Kier molecular flexibility index (Phi) is 4.80. The lowest BCUT2D eigenvalue weighted by molar-refractivity contribution is -0.0811. The molecule has 0 aromatic rings. The first-order valence-electron chi connectivity index (χ1n) is 6.99. The average Bonchev–Trinajstić information content (AvgIpc) is 2.40. The molecule has 0 aromatic carbocycles. The summed E-state index contributed by atoms with van der Waals surface area (Å²) in [5, 5.41) is 8.82. The van der Waals surface area contributed by atoms with Crippen LogP contribution >= 0.6 is 0 Å². The van der Waals surface area contributed by atoms with Crippen LogP contribution in [0.5, 0.6) is 0 Å². The predicted octanol–water partition coefficient (Wildman–Crippen LogP) is 3.20. The van der Waals surface area contributed by atoms with E-state index >= 15 is 0 Å². The van der Waals surface area contributed by atoms with Crippen molar-refractivity contribution in [1.82, 2.24) is 4.90 Å². The molecular weight excluding hydrogens is 224 g/mol. The van der Waals surface area contributed by atoms with E-state index in [2.05, 4.69) is 52.5 Å². The van der Waals surface area contributed by atoms with Crippen LogP contribution in [0.3, 0.4) is 0 Å².